The zero-order valence-corrected chi connectivity index (χ0v) is 6.01. The summed E-state index contributed by atoms with van der Waals surface area (Å²) >= 11 is 0. The summed E-state index contributed by atoms with van der Waals surface area (Å²) in [6.07, 6.45) is 0. The van der Waals surface area contributed by atoms with Crippen molar-refractivity contribution < 1.29 is 53.7 Å². The summed E-state index contributed by atoms with van der Waals surface area (Å²) in [5.74, 6) is 0. The van der Waals surface area contributed by atoms with Gasteiger partial charge in [-0.25, -0.2) is 0 Å². The molecule has 0 bridgehead atoms. The molecule has 0 radical (unpaired) electrons. The molecule has 0 aliphatic rings. The van der Waals surface area contributed by atoms with E-state index in [1.54, 1.807) is 0 Å². The van der Waals surface area contributed by atoms with Crippen molar-refractivity contribution in [1.29, 1.82) is 0 Å². The van der Waals surface area contributed by atoms with Crippen molar-refractivity contribution in [1.82, 2.24) is 0 Å². The maximum atomic E-state index is 8.42. The Morgan fingerprint density at radius 3 is 1.00 bits per heavy atom. The molecule has 0 aromatic rings. The third-order valence-corrected chi connectivity index (χ3v) is 0. The number of hydrogen-bond donors (Lipinski definition) is 0. The Morgan fingerprint density at radius 2 is 1.00 bits per heavy atom. The molecule has 0 aliphatic heterocycles. The van der Waals surface area contributed by atoms with Crippen molar-refractivity contribution in [2.75, 3.05) is 0 Å². The van der Waals surface area contributed by atoms with E-state index in [0.29, 0.717) is 0 Å². The second-order valence-electron chi connectivity index (χ2n) is 0.289. The van der Waals surface area contributed by atoms with E-state index in [9.17, 15) is 0 Å². The van der Waals surface area contributed by atoms with E-state index in [-0.39, 0.29) is 56.0 Å². The predicted octanol–water partition coefficient (Wildman–Crippen LogP) is -4.33. The summed E-state index contributed by atoms with van der Waals surface area (Å²) in [4.78, 5) is 0. The minimum absolute atomic E-state index is 0. The molecule has 0 rings (SSSR count). The van der Waals surface area contributed by atoms with E-state index in [2.05, 4.69) is 0 Å². The summed E-state index contributed by atoms with van der Waals surface area (Å²) in [5.41, 5.74) is 0. The summed E-state index contributed by atoms with van der Waals surface area (Å²) in [6.45, 7) is 0. The van der Waals surface area contributed by atoms with Crippen LogP contribution in [0.2, 0.25) is 0 Å². The van der Waals surface area contributed by atoms with Gasteiger partial charge in [0.05, 0.1) is 0 Å². The molecule has 0 aliphatic carbocycles. The van der Waals surface area contributed by atoms with Crippen LogP contribution < -0.4 is 15.1 Å². The molecule has 0 unspecified atom stereocenters. The Bertz CT molecular complexity index is 15.5. The molecular formula is AlBO3Tb+3. The van der Waals surface area contributed by atoms with Gasteiger partial charge in [-0.1, -0.05) is 0 Å². The molecule has 0 N–H and O–H groups in total. The fourth-order valence-corrected chi connectivity index (χ4v) is 0. The molecule has 30 valence electrons. The van der Waals surface area contributed by atoms with Gasteiger partial charge >= 0.3 is 56.0 Å². The topological polar surface area (TPSA) is 69.2 Å². The number of hydrogen-bond acceptors (Lipinski definition) is 3. The minimum Gasteiger partial charge on any atom is -0.907 e. The van der Waals surface area contributed by atoms with Crippen molar-refractivity contribution in [3.05, 3.63) is 0 Å². The molecule has 0 aromatic carbocycles. The van der Waals surface area contributed by atoms with Gasteiger partial charge in [0, 0.05) is 0 Å². The molecule has 3 nitrogen and oxygen atoms in total. The third-order valence-electron chi connectivity index (χ3n) is 0. The predicted molar refractivity (Wildman–Crippen MR) is 11.5 cm³/mol. The summed E-state index contributed by atoms with van der Waals surface area (Å²) in [7, 11) is -2.92. The van der Waals surface area contributed by atoms with Crippen LogP contribution in [0.25, 0.3) is 0 Å². The van der Waals surface area contributed by atoms with Gasteiger partial charge in [0.15, 0.2) is 0 Å². The molecule has 0 aromatic heterocycles. The second-order valence-corrected chi connectivity index (χ2v) is 0.289. The quantitative estimate of drug-likeness (QED) is 0.405. The van der Waals surface area contributed by atoms with Crippen LogP contribution in [0.1, 0.15) is 0 Å². The van der Waals surface area contributed by atoms with Crippen molar-refractivity contribution >= 4 is 24.7 Å². The Labute approximate surface area is 77.5 Å². The maximum absolute atomic E-state index is 8.42. The maximum Gasteiger partial charge on any atom is 3.00 e. The van der Waals surface area contributed by atoms with Crippen LogP contribution in [0.4, 0.5) is 0 Å². The SMILES string of the molecule is [Al+3].[O-]B([O-])[O-].[Tb+3]. The van der Waals surface area contributed by atoms with Gasteiger partial charge in [-0.05, 0) is 0 Å². The largest absolute Gasteiger partial charge is 3.00 e. The molecule has 0 saturated heterocycles. The minimum atomic E-state index is -2.92. The van der Waals surface area contributed by atoms with Gasteiger partial charge < -0.3 is 15.1 Å². The molecule has 0 fully saturated rings. The molecule has 0 saturated carbocycles. The van der Waals surface area contributed by atoms with Gasteiger partial charge in [-0.15, -0.1) is 0 Å². The van der Waals surface area contributed by atoms with Crippen molar-refractivity contribution in [3.63, 3.8) is 0 Å². The van der Waals surface area contributed by atoms with Crippen LogP contribution in [0.5, 0.6) is 0 Å². The van der Waals surface area contributed by atoms with Crippen molar-refractivity contribution in [2.45, 2.75) is 0 Å². The van der Waals surface area contributed by atoms with E-state index in [0.717, 1.165) is 0 Å². The first-order valence-electron chi connectivity index (χ1n) is 0.707. The Kier molecular flexibility index (Phi) is 25.8. The second kappa shape index (κ2) is 9.90. The molecule has 6 heteroatoms. The molecule has 0 spiro atoms. The Morgan fingerprint density at radius 1 is 1.00 bits per heavy atom. The van der Waals surface area contributed by atoms with E-state index in [1.165, 1.54) is 0 Å². The number of rotatable bonds is 0. The van der Waals surface area contributed by atoms with Gasteiger partial charge in [0.25, 0.3) is 0 Å². The van der Waals surface area contributed by atoms with Gasteiger partial charge in [0.2, 0.25) is 0 Å². The van der Waals surface area contributed by atoms with E-state index < -0.39 is 7.32 Å². The summed E-state index contributed by atoms with van der Waals surface area (Å²) in [6, 6.07) is 0. The first-order valence-corrected chi connectivity index (χ1v) is 0.707. The molecule has 0 heterocycles. The standard InChI is InChI=1S/Al.BO3.Tb/c;2-1(3)4;/q+3;-3;+3. The van der Waals surface area contributed by atoms with Crippen LogP contribution >= 0.6 is 0 Å². The van der Waals surface area contributed by atoms with E-state index in [1.807, 2.05) is 0 Å². The fraction of sp³-hybridized carbons (Fsp3) is 0. The normalized spacial score (nSPS) is 4.50. The van der Waals surface area contributed by atoms with Crippen molar-refractivity contribution in [3.8, 4) is 0 Å². The third kappa shape index (κ3) is 42.1. The monoisotopic (exact) mass is 245 g/mol. The zero-order chi connectivity index (χ0) is 3.58. The molecule has 0 atom stereocenters. The summed E-state index contributed by atoms with van der Waals surface area (Å²) in [5, 5.41) is 25.2. The zero-order valence-electron chi connectivity index (χ0n) is 2.71. The van der Waals surface area contributed by atoms with Crippen LogP contribution in [-0.2, 0) is 0 Å². The Balaban J connectivity index is -0.0000000450. The average Bonchev–Trinajstić information content (AvgIpc) is 0.811. The smallest absolute Gasteiger partial charge is 0.907 e. The average molecular weight is 245 g/mol. The summed E-state index contributed by atoms with van der Waals surface area (Å²) < 4.78 is 0. The fourth-order valence-electron chi connectivity index (χ4n) is 0. The van der Waals surface area contributed by atoms with Crippen molar-refractivity contribution in [2.24, 2.45) is 0 Å². The molecule has 0 amide bonds. The van der Waals surface area contributed by atoms with Gasteiger partial charge in [-0.3, -0.25) is 7.32 Å². The van der Waals surface area contributed by atoms with Crippen LogP contribution in [0.3, 0.4) is 0 Å². The van der Waals surface area contributed by atoms with E-state index in [4.69, 9.17) is 15.1 Å². The molecular weight excluding hydrogens is 245 g/mol. The molecule has 6 heavy (non-hydrogen) atoms. The Hall–Kier alpha value is 1.76. The van der Waals surface area contributed by atoms with Gasteiger partial charge in [-0.2, -0.15) is 0 Å². The van der Waals surface area contributed by atoms with Crippen LogP contribution in [-0.4, -0.2) is 24.7 Å². The first-order chi connectivity index (χ1) is 1.73. The first kappa shape index (κ1) is 15.7. The van der Waals surface area contributed by atoms with Crippen LogP contribution in [0, 0.1) is 38.6 Å². The van der Waals surface area contributed by atoms with E-state index >= 15 is 0 Å². The van der Waals surface area contributed by atoms with Gasteiger partial charge in [0.1, 0.15) is 0 Å². The van der Waals surface area contributed by atoms with Crippen LogP contribution in [0.15, 0.2) is 0 Å².